The Morgan fingerprint density at radius 3 is 2.39 bits per heavy atom. The van der Waals surface area contributed by atoms with Crippen molar-refractivity contribution in [2.45, 2.75) is 6.04 Å². The van der Waals surface area contributed by atoms with Gasteiger partial charge in [0.25, 0.3) is 5.56 Å². The van der Waals surface area contributed by atoms with Crippen molar-refractivity contribution in [3.63, 3.8) is 0 Å². The molecule has 0 bridgehead atoms. The largest absolute Gasteiger partial charge is 0.508 e. The number of methoxy groups -OCH3 is 1. The van der Waals surface area contributed by atoms with Crippen LogP contribution in [-0.4, -0.2) is 25.9 Å². The van der Waals surface area contributed by atoms with Crippen LogP contribution in [0.3, 0.4) is 0 Å². The van der Waals surface area contributed by atoms with Crippen LogP contribution in [-0.2, 0) is 14.1 Å². The molecule has 3 heterocycles. The zero-order chi connectivity index (χ0) is 25.1. The van der Waals surface area contributed by atoms with Gasteiger partial charge in [-0.3, -0.25) is 13.9 Å². The molecule has 8 heteroatoms. The first-order chi connectivity index (χ1) is 17.4. The number of hydrogen-bond acceptors (Lipinski definition) is 5. The molecule has 0 unspecified atom stereocenters. The summed E-state index contributed by atoms with van der Waals surface area (Å²) in [4.78, 5) is 26.8. The standard InChI is InChI=1S/C28H24N4O4/c1-30-25-22(27(34)31(2)28(30)35)24(16-9-5-4-6-10-16)32-20-12-8-7-11-19(20)29-23(26(25)32)18-15-17(36-3)13-14-21(18)33/h4-15,23,29,33H,1-3H3/t23-/m0/s1. The van der Waals surface area contributed by atoms with Gasteiger partial charge in [0.1, 0.15) is 11.5 Å². The van der Waals surface area contributed by atoms with Crippen molar-refractivity contribution in [2.24, 2.45) is 14.1 Å². The Kier molecular flexibility index (Phi) is 4.79. The van der Waals surface area contributed by atoms with Gasteiger partial charge in [-0.15, -0.1) is 0 Å². The van der Waals surface area contributed by atoms with E-state index in [1.54, 1.807) is 32.4 Å². The van der Waals surface area contributed by atoms with Gasteiger partial charge in [-0.05, 0) is 35.9 Å². The normalized spacial score (nSPS) is 14.2. The average Bonchev–Trinajstić information content (AvgIpc) is 3.28. The third-order valence-corrected chi connectivity index (χ3v) is 6.92. The van der Waals surface area contributed by atoms with Crippen molar-refractivity contribution in [2.75, 3.05) is 12.4 Å². The number of aromatic nitrogens is 3. The molecule has 1 atom stereocenters. The second kappa shape index (κ2) is 7.91. The Morgan fingerprint density at radius 1 is 0.917 bits per heavy atom. The lowest BCUT2D eigenvalue weighted by molar-refractivity contribution is 0.410. The van der Waals surface area contributed by atoms with Crippen LogP contribution in [0, 0.1) is 0 Å². The number of aryl methyl sites for hydroxylation is 1. The summed E-state index contributed by atoms with van der Waals surface area (Å²) in [5, 5.41) is 14.9. The number of nitrogens with zero attached hydrogens (tertiary/aromatic N) is 3. The molecule has 36 heavy (non-hydrogen) atoms. The minimum absolute atomic E-state index is 0.0728. The number of aromatic hydroxyl groups is 1. The molecule has 1 aliphatic heterocycles. The summed E-state index contributed by atoms with van der Waals surface area (Å²) < 4.78 is 10.1. The van der Waals surface area contributed by atoms with Crippen LogP contribution in [0.25, 0.3) is 27.8 Å². The van der Waals surface area contributed by atoms with Gasteiger partial charge in [0.15, 0.2) is 0 Å². The van der Waals surface area contributed by atoms with E-state index >= 15 is 0 Å². The van der Waals surface area contributed by atoms with E-state index in [1.807, 2.05) is 59.2 Å². The molecule has 5 aromatic rings. The third kappa shape index (κ3) is 2.94. The minimum Gasteiger partial charge on any atom is -0.508 e. The lowest BCUT2D eigenvalue weighted by atomic mass is 9.98. The summed E-state index contributed by atoms with van der Waals surface area (Å²) in [6.45, 7) is 0. The van der Waals surface area contributed by atoms with E-state index < -0.39 is 11.7 Å². The summed E-state index contributed by atoms with van der Waals surface area (Å²) >= 11 is 0. The SMILES string of the molecule is COc1ccc(O)c([C@@H]2Nc3ccccc3-n3c(-c4ccccc4)c4c(=O)n(C)c(=O)n(C)c4c32)c1. The maximum Gasteiger partial charge on any atom is 0.331 e. The van der Waals surface area contributed by atoms with E-state index in [1.165, 1.54) is 11.6 Å². The summed E-state index contributed by atoms with van der Waals surface area (Å²) in [5.74, 6) is 0.655. The zero-order valence-electron chi connectivity index (χ0n) is 20.0. The van der Waals surface area contributed by atoms with Gasteiger partial charge >= 0.3 is 5.69 Å². The van der Waals surface area contributed by atoms with E-state index in [4.69, 9.17) is 4.74 Å². The average molecular weight is 481 g/mol. The summed E-state index contributed by atoms with van der Waals surface area (Å²) in [6.07, 6.45) is 0. The fraction of sp³-hybridized carbons (Fsp3) is 0.143. The van der Waals surface area contributed by atoms with Crippen LogP contribution in [0.1, 0.15) is 17.3 Å². The molecule has 3 aromatic carbocycles. The van der Waals surface area contributed by atoms with Crippen molar-refractivity contribution >= 4 is 16.6 Å². The maximum atomic E-state index is 13.7. The molecule has 180 valence electrons. The summed E-state index contributed by atoms with van der Waals surface area (Å²) in [6, 6.07) is 21.9. The molecule has 0 radical (unpaired) electrons. The molecule has 2 aromatic heterocycles. The quantitative estimate of drug-likeness (QED) is 0.409. The number of phenolic OH excluding ortho intramolecular Hbond substituents is 1. The monoisotopic (exact) mass is 480 g/mol. The first-order valence-electron chi connectivity index (χ1n) is 11.5. The molecule has 0 amide bonds. The molecule has 2 N–H and O–H groups in total. The molecule has 0 fully saturated rings. The first kappa shape index (κ1) is 21.8. The zero-order valence-corrected chi connectivity index (χ0v) is 20.0. The number of phenols is 1. The van der Waals surface area contributed by atoms with Gasteiger partial charge in [0, 0.05) is 19.7 Å². The second-order valence-electron chi connectivity index (χ2n) is 8.88. The molecular formula is C28H24N4O4. The third-order valence-electron chi connectivity index (χ3n) is 6.92. The van der Waals surface area contributed by atoms with Crippen molar-refractivity contribution in [1.29, 1.82) is 0 Å². The highest BCUT2D eigenvalue weighted by Gasteiger charge is 2.35. The number of ether oxygens (including phenoxy) is 1. The Morgan fingerprint density at radius 2 is 1.64 bits per heavy atom. The van der Waals surface area contributed by atoms with Gasteiger partial charge in [0.2, 0.25) is 0 Å². The number of hydrogen-bond donors (Lipinski definition) is 2. The Hall–Kier alpha value is -4.72. The van der Waals surface area contributed by atoms with Crippen molar-refractivity contribution in [3.05, 3.63) is 105 Å². The topological polar surface area (TPSA) is 90.4 Å². The first-order valence-corrected chi connectivity index (χ1v) is 11.5. The second-order valence-corrected chi connectivity index (χ2v) is 8.88. The minimum atomic E-state index is -0.576. The highest BCUT2D eigenvalue weighted by molar-refractivity contribution is 5.99. The number of nitrogens with one attached hydrogen (secondary N) is 1. The number of anilines is 1. The smallest absolute Gasteiger partial charge is 0.331 e. The molecule has 0 saturated carbocycles. The predicted octanol–water partition coefficient (Wildman–Crippen LogP) is 3.92. The fourth-order valence-electron chi connectivity index (χ4n) is 5.21. The highest BCUT2D eigenvalue weighted by Crippen LogP contribution is 2.47. The van der Waals surface area contributed by atoms with Crippen molar-refractivity contribution in [3.8, 4) is 28.4 Å². The van der Waals surface area contributed by atoms with Crippen molar-refractivity contribution < 1.29 is 9.84 Å². The van der Waals surface area contributed by atoms with Crippen LogP contribution < -0.4 is 21.3 Å². The van der Waals surface area contributed by atoms with E-state index in [0.717, 1.165) is 21.5 Å². The van der Waals surface area contributed by atoms with Gasteiger partial charge in [-0.1, -0.05) is 42.5 Å². The maximum absolute atomic E-state index is 13.7. The number of rotatable bonds is 3. The molecule has 8 nitrogen and oxygen atoms in total. The number of para-hydroxylation sites is 2. The van der Waals surface area contributed by atoms with Crippen LogP contribution in [0.15, 0.2) is 82.4 Å². The van der Waals surface area contributed by atoms with Crippen LogP contribution >= 0.6 is 0 Å². The molecular weight excluding hydrogens is 456 g/mol. The van der Waals surface area contributed by atoms with E-state index in [9.17, 15) is 14.7 Å². The van der Waals surface area contributed by atoms with Gasteiger partial charge in [-0.2, -0.15) is 0 Å². The fourth-order valence-corrected chi connectivity index (χ4v) is 5.21. The Labute approximate surface area is 206 Å². The van der Waals surface area contributed by atoms with Crippen LogP contribution in [0.5, 0.6) is 11.5 Å². The Bertz CT molecular complexity index is 1780. The predicted molar refractivity (Wildman–Crippen MR) is 139 cm³/mol. The summed E-state index contributed by atoms with van der Waals surface area (Å²) in [7, 11) is 4.73. The van der Waals surface area contributed by atoms with Crippen LogP contribution in [0.2, 0.25) is 0 Å². The lowest BCUT2D eigenvalue weighted by Gasteiger charge is -2.31. The van der Waals surface area contributed by atoms with Gasteiger partial charge < -0.3 is 19.7 Å². The molecule has 1 aliphatic rings. The van der Waals surface area contributed by atoms with E-state index in [-0.39, 0.29) is 11.3 Å². The molecule has 0 spiro atoms. The lowest BCUT2D eigenvalue weighted by Crippen LogP contribution is -2.37. The van der Waals surface area contributed by atoms with Crippen LogP contribution in [0.4, 0.5) is 5.69 Å². The Balaban J connectivity index is 1.86. The van der Waals surface area contributed by atoms with E-state index in [2.05, 4.69) is 5.32 Å². The summed E-state index contributed by atoms with van der Waals surface area (Å²) in [5.41, 5.74) is 4.17. The van der Waals surface area contributed by atoms with Gasteiger partial charge in [-0.25, -0.2) is 4.79 Å². The molecule has 0 aliphatic carbocycles. The molecule has 0 saturated heterocycles. The highest BCUT2D eigenvalue weighted by atomic mass is 16.5. The van der Waals surface area contributed by atoms with Crippen molar-refractivity contribution in [1.82, 2.24) is 13.7 Å². The van der Waals surface area contributed by atoms with E-state index in [0.29, 0.717) is 33.6 Å². The number of fused-ring (bicyclic) bond motifs is 5. The number of benzene rings is 3. The van der Waals surface area contributed by atoms with Gasteiger partial charge in [0.05, 0.1) is 46.8 Å². The molecule has 6 rings (SSSR count).